The van der Waals surface area contributed by atoms with Crippen LogP contribution in [0.3, 0.4) is 0 Å². The van der Waals surface area contributed by atoms with Crippen molar-refractivity contribution in [1.29, 1.82) is 0 Å². The normalized spacial score (nSPS) is 16.6. The summed E-state index contributed by atoms with van der Waals surface area (Å²) in [6.07, 6.45) is 2.92. The molecule has 1 aromatic rings. The summed E-state index contributed by atoms with van der Waals surface area (Å²) in [5, 5.41) is 9.07. The first-order chi connectivity index (χ1) is 11.0. The van der Waals surface area contributed by atoms with E-state index in [4.69, 9.17) is 0 Å². The van der Waals surface area contributed by atoms with Gasteiger partial charge in [-0.05, 0) is 55.5 Å². The van der Waals surface area contributed by atoms with E-state index in [2.05, 4.69) is 22.9 Å². The van der Waals surface area contributed by atoms with Crippen molar-refractivity contribution in [1.82, 2.24) is 10.6 Å². The maximum atomic E-state index is 12.1. The number of carbonyl (C=O) groups excluding carboxylic acids is 2. The molecule has 23 heavy (non-hydrogen) atoms. The van der Waals surface area contributed by atoms with E-state index < -0.39 is 0 Å². The summed E-state index contributed by atoms with van der Waals surface area (Å²) in [5.41, 5.74) is 1.80. The van der Waals surface area contributed by atoms with Gasteiger partial charge < -0.3 is 16.0 Å². The van der Waals surface area contributed by atoms with E-state index in [0.717, 1.165) is 24.3 Å². The molecule has 1 aliphatic rings. The van der Waals surface area contributed by atoms with Crippen LogP contribution in [0.2, 0.25) is 0 Å². The van der Waals surface area contributed by atoms with Gasteiger partial charge in [0.05, 0.1) is 0 Å². The van der Waals surface area contributed by atoms with Crippen LogP contribution >= 0.6 is 0 Å². The smallest absolute Gasteiger partial charge is 0.221 e. The summed E-state index contributed by atoms with van der Waals surface area (Å²) in [6, 6.07) is 7.53. The molecule has 0 bridgehead atoms. The zero-order chi connectivity index (χ0) is 16.7. The number of hydrogen-bond acceptors (Lipinski definition) is 3. The lowest BCUT2D eigenvalue weighted by atomic mass is 9.84. The molecule has 1 fully saturated rings. The van der Waals surface area contributed by atoms with Crippen molar-refractivity contribution in [2.75, 3.05) is 18.4 Å². The Hall–Kier alpha value is -1.88. The van der Waals surface area contributed by atoms with Crippen molar-refractivity contribution in [3.8, 4) is 0 Å². The fraction of sp³-hybridized carbons (Fsp3) is 0.556. The number of anilines is 1. The van der Waals surface area contributed by atoms with Crippen LogP contribution in [-0.4, -0.2) is 24.9 Å². The molecule has 1 heterocycles. The molecular formula is C18H27N3O2. The van der Waals surface area contributed by atoms with Crippen LogP contribution in [0.5, 0.6) is 0 Å². The van der Waals surface area contributed by atoms with E-state index in [1.807, 2.05) is 24.3 Å². The molecule has 1 aliphatic heterocycles. The second-order valence-corrected chi connectivity index (χ2v) is 6.42. The molecule has 0 aliphatic carbocycles. The van der Waals surface area contributed by atoms with Crippen LogP contribution < -0.4 is 16.0 Å². The Kier molecular flexibility index (Phi) is 6.59. The Bertz CT molecular complexity index is 522. The molecule has 126 valence electrons. The van der Waals surface area contributed by atoms with Gasteiger partial charge in [-0.25, -0.2) is 0 Å². The Labute approximate surface area is 138 Å². The van der Waals surface area contributed by atoms with Crippen LogP contribution in [0.25, 0.3) is 0 Å². The van der Waals surface area contributed by atoms with Gasteiger partial charge >= 0.3 is 0 Å². The molecule has 1 aromatic carbocycles. The van der Waals surface area contributed by atoms with Crippen molar-refractivity contribution >= 4 is 17.5 Å². The Morgan fingerprint density at radius 1 is 1.22 bits per heavy atom. The average molecular weight is 317 g/mol. The summed E-state index contributed by atoms with van der Waals surface area (Å²) in [7, 11) is 0. The van der Waals surface area contributed by atoms with Gasteiger partial charge in [-0.2, -0.15) is 0 Å². The number of nitrogens with one attached hydrogen (secondary N) is 3. The second-order valence-electron chi connectivity index (χ2n) is 6.42. The fourth-order valence-electron chi connectivity index (χ4n) is 3.05. The lowest BCUT2D eigenvalue weighted by Gasteiger charge is -2.27. The van der Waals surface area contributed by atoms with Crippen LogP contribution in [0.1, 0.15) is 38.7 Å². The molecule has 5 heteroatoms. The predicted molar refractivity (Wildman–Crippen MR) is 92.0 cm³/mol. The second kappa shape index (κ2) is 8.67. The third-order valence-electron chi connectivity index (χ3n) is 4.46. The average Bonchev–Trinajstić information content (AvgIpc) is 2.54. The van der Waals surface area contributed by atoms with Crippen LogP contribution in [-0.2, 0) is 16.1 Å². The van der Waals surface area contributed by atoms with Gasteiger partial charge in [-0.3, -0.25) is 9.59 Å². The monoisotopic (exact) mass is 317 g/mol. The predicted octanol–water partition coefficient (Wildman–Crippen LogP) is 2.29. The van der Waals surface area contributed by atoms with Crippen LogP contribution in [0.4, 0.5) is 5.69 Å². The molecule has 0 spiro atoms. The summed E-state index contributed by atoms with van der Waals surface area (Å²) in [4.78, 5) is 23.1. The number of amides is 2. The van der Waals surface area contributed by atoms with E-state index in [-0.39, 0.29) is 11.8 Å². The molecule has 3 N–H and O–H groups in total. The maximum absolute atomic E-state index is 12.1. The minimum atomic E-state index is -0.0852. The molecule has 0 aromatic heterocycles. The molecule has 2 rings (SSSR count). The van der Waals surface area contributed by atoms with Crippen molar-refractivity contribution in [3.63, 3.8) is 0 Å². The van der Waals surface area contributed by atoms with Gasteiger partial charge in [0, 0.05) is 25.6 Å². The van der Waals surface area contributed by atoms with Crippen LogP contribution in [0.15, 0.2) is 24.3 Å². The largest absolute Gasteiger partial charge is 0.352 e. The molecular weight excluding hydrogens is 290 g/mol. The molecule has 0 radical (unpaired) electrons. The van der Waals surface area contributed by atoms with E-state index >= 15 is 0 Å². The zero-order valence-corrected chi connectivity index (χ0v) is 14.0. The summed E-state index contributed by atoms with van der Waals surface area (Å²) in [6.45, 7) is 6.32. The van der Waals surface area contributed by atoms with Crippen molar-refractivity contribution in [2.24, 2.45) is 11.8 Å². The summed E-state index contributed by atoms with van der Waals surface area (Å²) < 4.78 is 0. The van der Waals surface area contributed by atoms with Gasteiger partial charge in [0.1, 0.15) is 0 Å². The maximum Gasteiger partial charge on any atom is 0.221 e. The number of carbonyl (C=O) groups is 2. The van der Waals surface area contributed by atoms with E-state index in [1.165, 1.54) is 19.8 Å². The third-order valence-corrected chi connectivity index (χ3v) is 4.46. The molecule has 5 nitrogen and oxygen atoms in total. The van der Waals surface area contributed by atoms with Crippen molar-refractivity contribution in [3.05, 3.63) is 29.8 Å². The van der Waals surface area contributed by atoms with Gasteiger partial charge in [0.2, 0.25) is 11.8 Å². The number of hydrogen-bond donors (Lipinski definition) is 3. The first-order valence-corrected chi connectivity index (χ1v) is 8.38. The first kappa shape index (κ1) is 17.5. The number of piperidine rings is 1. The molecule has 0 saturated carbocycles. The summed E-state index contributed by atoms with van der Waals surface area (Å²) in [5.74, 6) is 1.11. The molecule has 1 saturated heterocycles. The zero-order valence-electron chi connectivity index (χ0n) is 14.0. The van der Waals surface area contributed by atoms with Gasteiger partial charge in [0.15, 0.2) is 0 Å². The first-order valence-electron chi connectivity index (χ1n) is 8.38. The molecule has 2 amide bonds. The van der Waals surface area contributed by atoms with Crippen LogP contribution in [0, 0.1) is 11.8 Å². The summed E-state index contributed by atoms with van der Waals surface area (Å²) >= 11 is 0. The highest BCUT2D eigenvalue weighted by Gasteiger charge is 2.21. The van der Waals surface area contributed by atoms with Gasteiger partial charge in [-0.1, -0.05) is 19.1 Å². The SMILES string of the molecule is CC(=O)Nc1ccc(CNC(=O)CC(C)C2CCNCC2)cc1. The lowest BCUT2D eigenvalue weighted by molar-refractivity contribution is -0.122. The van der Waals surface area contributed by atoms with E-state index in [9.17, 15) is 9.59 Å². The highest BCUT2D eigenvalue weighted by molar-refractivity contribution is 5.88. The van der Waals surface area contributed by atoms with E-state index in [1.54, 1.807) is 0 Å². The number of rotatable bonds is 6. The molecule has 1 atom stereocenters. The fourth-order valence-corrected chi connectivity index (χ4v) is 3.05. The van der Waals surface area contributed by atoms with Crippen molar-refractivity contribution < 1.29 is 9.59 Å². The molecule has 1 unspecified atom stereocenters. The number of benzene rings is 1. The third kappa shape index (κ3) is 6.02. The highest BCUT2D eigenvalue weighted by Crippen LogP contribution is 2.24. The van der Waals surface area contributed by atoms with Gasteiger partial charge in [-0.15, -0.1) is 0 Å². The standard InChI is InChI=1S/C18H27N3O2/c1-13(16-7-9-19-10-8-16)11-18(23)20-12-15-3-5-17(6-4-15)21-14(2)22/h3-6,13,16,19H,7-12H2,1-2H3,(H,20,23)(H,21,22). The quantitative estimate of drug-likeness (QED) is 0.754. The topological polar surface area (TPSA) is 70.2 Å². The van der Waals surface area contributed by atoms with Gasteiger partial charge in [0.25, 0.3) is 0 Å². The Balaban J connectivity index is 1.74. The lowest BCUT2D eigenvalue weighted by Crippen LogP contribution is -2.33. The Morgan fingerprint density at radius 3 is 2.48 bits per heavy atom. The van der Waals surface area contributed by atoms with E-state index in [0.29, 0.717) is 24.8 Å². The minimum absolute atomic E-state index is 0.0852. The highest BCUT2D eigenvalue weighted by atomic mass is 16.2. The van der Waals surface area contributed by atoms with Crippen molar-refractivity contribution in [2.45, 2.75) is 39.7 Å². The Morgan fingerprint density at radius 2 is 1.87 bits per heavy atom. The minimum Gasteiger partial charge on any atom is -0.352 e.